The zero-order valence-corrected chi connectivity index (χ0v) is 7.92. The average Bonchev–Trinajstić information content (AvgIpc) is 2.16. The molecule has 0 spiro atoms. The number of hydrogen-bond acceptors (Lipinski definition) is 2. The summed E-state index contributed by atoms with van der Waals surface area (Å²) in [6.07, 6.45) is 2.36. The van der Waals surface area contributed by atoms with Gasteiger partial charge in [0.05, 0.1) is 0 Å². The van der Waals surface area contributed by atoms with Gasteiger partial charge in [-0.05, 0) is 37.0 Å². The second-order valence-corrected chi connectivity index (χ2v) is 3.63. The maximum absolute atomic E-state index is 5.74. The first-order chi connectivity index (χ1) is 6.29. The maximum Gasteiger partial charge on any atom is 0.123 e. The summed E-state index contributed by atoms with van der Waals surface area (Å²) in [7, 11) is 0. The van der Waals surface area contributed by atoms with Gasteiger partial charge < -0.3 is 10.5 Å². The molecule has 1 aromatic rings. The van der Waals surface area contributed by atoms with Gasteiger partial charge in [0, 0.05) is 6.54 Å². The largest absolute Gasteiger partial charge is 0.489 e. The topological polar surface area (TPSA) is 35.2 Å². The van der Waals surface area contributed by atoms with Crippen LogP contribution in [0.25, 0.3) is 0 Å². The third-order valence-electron chi connectivity index (χ3n) is 2.51. The predicted octanol–water partition coefficient (Wildman–Crippen LogP) is 1.65. The zero-order valence-electron chi connectivity index (χ0n) is 7.92. The van der Waals surface area contributed by atoms with Gasteiger partial charge in [-0.1, -0.05) is 12.1 Å². The number of benzene rings is 1. The molecule has 1 heterocycles. The van der Waals surface area contributed by atoms with E-state index in [1.165, 1.54) is 11.1 Å². The molecule has 70 valence electrons. The Morgan fingerprint density at radius 2 is 2.38 bits per heavy atom. The number of hydrogen-bond donors (Lipinski definition) is 1. The molecular weight excluding hydrogens is 162 g/mol. The van der Waals surface area contributed by atoms with Gasteiger partial charge >= 0.3 is 0 Å². The molecule has 1 aliphatic rings. The summed E-state index contributed by atoms with van der Waals surface area (Å²) in [6.45, 7) is 2.70. The molecule has 0 radical (unpaired) electrons. The first-order valence-corrected chi connectivity index (χ1v) is 4.76. The molecule has 0 fully saturated rings. The van der Waals surface area contributed by atoms with Crippen LogP contribution >= 0.6 is 0 Å². The van der Waals surface area contributed by atoms with E-state index in [0.717, 1.165) is 18.6 Å². The molecule has 2 N–H and O–H groups in total. The Bertz CT molecular complexity index is 309. The van der Waals surface area contributed by atoms with Crippen LogP contribution in [-0.4, -0.2) is 12.6 Å². The van der Waals surface area contributed by atoms with E-state index in [1.807, 2.05) is 0 Å². The van der Waals surface area contributed by atoms with Crippen molar-refractivity contribution in [3.05, 3.63) is 29.3 Å². The van der Waals surface area contributed by atoms with Crippen LogP contribution in [0, 0.1) is 6.92 Å². The van der Waals surface area contributed by atoms with Crippen LogP contribution < -0.4 is 10.5 Å². The van der Waals surface area contributed by atoms with E-state index in [1.54, 1.807) is 0 Å². The fourth-order valence-corrected chi connectivity index (χ4v) is 1.70. The summed E-state index contributed by atoms with van der Waals surface area (Å²) < 4.78 is 5.74. The van der Waals surface area contributed by atoms with Gasteiger partial charge in [0.2, 0.25) is 0 Å². The lowest BCUT2D eigenvalue weighted by molar-refractivity contribution is 0.181. The molecule has 0 saturated heterocycles. The van der Waals surface area contributed by atoms with E-state index in [2.05, 4.69) is 25.1 Å². The Morgan fingerprint density at radius 1 is 1.54 bits per heavy atom. The highest BCUT2D eigenvalue weighted by molar-refractivity contribution is 5.38. The molecule has 13 heavy (non-hydrogen) atoms. The molecule has 1 unspecified atom stereocenters. The van der Waals surface area contributed by atoms with Gasteiger partial charge in [-0.15, -0.1) is 0 Å². The quantitative estimate of drug-likeness (QED) is 0.708. The SMILES string of the molecule is Cc1ccc2c(c1)OC(CN)CC2. The maximum atomic E-state index is 5.74. The molecular formula is C11H15NO. The van der Waals surface area contributed by atoms with Gasteiger partial charge in [-0.25, -0.2) is 0 Å². The number of aryl methyl sites for hydroxylation is 2. The molecule has 1 aliphatic heterocycles. The number of fused-ring (bicyclic) bond motifs is 1. The van der Waals surface area contributed by atoms with Crippen LogP contribution in [0.5, 0.6) is 5.75 Å². The predicted molar refractivity (Wildman–Crippen MR) is 53.0 cm³/mol. The van der Waals surface area contributed by atoms with E-state index in [9.17, 15) is 0 Å². The second kappa shape index (κ2) is 3.38. The summed E-state index contributed by atoms with van der Waals surface area (Å²) in [4.78, 5) is 0. The summed E-state index contributed by atoms with van der Waals surface area (Å²) in [5.74, 6) is 1.03. The number of nitrogens with two attached hydrogens (primary N) is 1. The van der Waals surface area contributed by atoms with Crippen LogP contribution in [0.1, 0.15) is 17.5 Å². The molecule has 2 nitrogen and oxygen atoms in total. The second-order valence-electron chi connectivity index (χ2n) is 3.63. The normalized spacial score (nSPS) is 20.6. The van der Waals surface area contributed by atoms with Crippen LogP contribution in [-0.2, 0) is 6.42 Å². The van der Waals surface area contributed by atoms with Crippen LogP contribution in [0.2, 0.25) is 0 Å². The molecule has 0 saturated carbocycles. The first-order valence-electron chi connectivity index (χ1n) is 4.76. The van der Waals surface area contributed by atoms with Crippen molar-refractivity contribution in [2.24, 2.45) is 5.73 Å². The monoisotopic (exact) mass is 177 g/mol. The van der Waals surface area contributed by atoms with Crippen molar-refractivity contribution in [3.8, 4) is 5.75 Å². The van der Waals surface area contributed by atoms with Crippen molar-refractivity contribution in [2.45, 2.75) is 25.9 Å². The van der Waals surface area contributed by atoms with Gasteiger partial charge in [-0.2, -0.15) is 0 Å². The van der Waals surface area contributed by atoms with E-state index < -0.39 is 0 Å². The van der Waals surface area contributed by atoms with E-state index in [0.29, 0.717) is 6.54 Å². The molecule has 1 aromatic carbocycles. The van der Waals surface area contributed by atoms with Crippen LogP contribution in [0.4, 0.5) is 0 Å². The Balaban J connectivity index is 2.27. The molecule has 2 rings (SSSR count). The summed E-state index contributed by atoms with van der Waals surface area (Å²) in [6, 6.07) is 6.37. The van der Waals surface area contributed by atoms with Crippen LogP contribution in [0.3, 0.4) is 0 Å². The minimum atomic E-state index is 0.217. The molecule has 0 amide bonds. The minimum Gasteiger partial charge on any atom is -0.489 e. The molecule has 2 heteroatoms. The van der Waals surface area contributed by atoms with Crippen LogP contribution in [0.15, 0.2) is 18.2 Å². The minimum absolute atomic E-state index is 0.217. The Hall–Kier alpha value is -1.02. The number of rotatable bonds is 1. The fourth-order valence-electron chi connectivity index (χ4n) is 1.70. The molecule has 1 atom stereocenters. The molecule has 0 aliphatic carbocycles. The fraction of sp³-hybridized carbons (Fsp3) is 0.455. The van der Waals surface area contributed by atoms with E-state index >= 15 is 0 Å². The highest BCUT2D eigenvalue weighted by atomic mass is 16.5. The van der Waals surface area contributed by atoms with Gasteiger partial charge in [0.1, 0.15) is 11.9 Å². The van der Waals surface area contributed by atoms with Gasteiger partial charge in [0.15, 0.2) is 0 Å². The van der Waals surface area contributed by atoms with E-state index in [-0.39, 0.29) is 6.10 Å². The first kappa shape index (κ1) is 8.57. The standard InChI is InChI=1S/C11H15NO/c1-8-2-3-9-4-5-10(7-12)13-11(9)6-8/h2-3,6,10H,4-5,7,12H2,1H3. The molecule has 0 aromatic heterocycles. The highest BCUT2D eigenvalue weighted by Gasteiger charge is 2.17. The molecule has 0 bridgehead atoms. The summed E-state index contributed by atoms with van der Waals surface area (Å²) >= 11 is 0. The van der Waals surface area contributed by atoms with E-state index in [4.69, 9.17) is 10.5 Å². The Kier molecular flexibility index (Phi) is 2.23. The average molecular weight is 177 g/mol. The zero-order chi connectivity index (χ0) is 9.26. The lowest BCUT2D eigenvalue weighted by atomic mass is 10.0. The number of ether oxygens (including phenoxy) is 1. The Labute approximate surface area is 78.7 Å². The third-order valence-corrected chi connectivity index (χ3v) is 2.51. The van der Waals surface area contributed by atoms with Gasteiger partial charge in [-0.3, -0.25) is 0 Å². The summed E-state index contributed by atoms with van der Waals surface area (Å²) in [5.41, 5.74) is 8.14. The van der Waals surface area contributed by atoms with Crippen molar-refractivity contribution in [1.82, 2.24) is 0 Å². The smallest absolute Gasteiger partial charge is 0.123 e. The lowest BCUT2D eigenvalue weighted by Crippen LogP contribution is -2.30. The summed E-state index contributed by atoms with van der Waals surface area (Å²) in [5, 5.41) is 0. The Morgan fingerprint density at radius 3 is 3.15 bits per heavy atom. The highest BCUT2D eigenvalue weighted by Crippen LogP contribution is 2.27. The van der Waals surface area contributed by atoms with Crippen molar-refractivity contribution in [3.63, 3.8) is 0 Å². The van der Waals surface area contributed by atoms with Crippen molar-refractivity contribution < 1.29 is 4.74 Å². The third kappa shape index (κ3) is 1.68. The van der Waals surface area contributed by atoms with Crippen molar-refractivity contribution >= 4 is 0 Å². The van der Waals surface area contributed by atoms with Gasteiger partial charge in [0.25, 0.3) is 0 Å². The van der Waals surface area contributed by atoms with Crippen molar-refractivity contribution in [2.75, 3.05) is 6.54 Å². The van der Waals surface area contributed by atoms with Crippen molar-refractivity contribution in [1.29, 1.82) is 0 Å². The lowest BCUT2D eigenvalue weighted by Gasteiger charge is -2.25.